The molecule has 2 aliphatic heterocycles. The molecule has 5 rings (SSSR count). The minimum Gasteiger partial charge on any atom is -0.474 e. The van der Waals surface area contributed by atoms with Crippen LogP contribution in [0, 0.1) is 0 Å². The number of aromatic nitrogens is 5. The fourth-order valence-corrected chi connectivity index (χ4v) is 3.77. The summed E-state index contributed by atoms with van der Waals surface area (Å²) in [5, 5.41) is 9.36. The lowest BCUT2D eigenvalue weighted by Gasteiger charge is -2.09. The van der Waals surface area contributed by atoms with Crippen LogP contribution < -0.4 is 0 Å². The topological polar surface area (TPSA) is 79.3 Å². The van der Waals surface area contributed by atoms with E-state index in [9.17, 15) is 0 Å². The maximum atomic E-state index is 6.29. The number of fused-ring (bicyclic) bond motifs is 5. The van der Waals surface area contributed by atoms with Crippen molar-refractivity contribution in [2.24, 2.45) is 4.99 Å². The average Bonchev–Trinajstić information content (AvgIpc) is 3.32. The molecule has 0 radical (unpaired) electrons. The van der Waals surface area contributed by atoms with Crippen LogP contribution in [0.2, 0.25) is 5.02 Å². The summed E-state index contributed by atoms with van der Waals surface area (Å²) in [6.07, 6.45) is 1.80. The Labute approximate surface area is 166 Å². The van der Waals surface area contributed by atoms with Crippen LogP contribution in [0.15, 0.2) is 29.5 Å². The van der Waals surface area contributed by atoms with Crippen LogP contribution in [-0.2, 0) is 22.6 Å². The van der Waals surface area contributed by atoms with E-state index in [2.05, 4.69) is 15.2 Å². The monoisotopic (exact) mass is 398 g/mol. The maximum absolute atomic E-state index is 6.29. The minimum absolute atomic E-state index is 0.259. The number of ether oxygens (including phenoxy) is 2. The number of aliphatic imine (C=N–C) groups is 1. The Morgan fingerprint density at radius 3 is 2.89 bits per heavy atom. The molecule has 2 aromatic heterocycles. The predicted octanol–water partition coefficient (Wildman–Crippen LogP) is 2.85. The molecular formula is C19H19ClN6O2. The van der Waals surface area contributed by atoms with Gasteiger partial charge in [-0.15, -0.1) is 10.2 Å². The molecule has 1 aromatic carbocycles. The van der Waals surface area contributed by atoms with Gasteiger partial charge in [0.15, 0.2) is 11.6 Å². The number of imidazole rings is 1. The highest BCUT2D eigenvalue weighted by Crippen LogP contribution is 2.35. The molecule has 0 spiro atoms. The van der Waals surface area contributed by atoms with E-state index in [0.717, 1.165) is 34.3 Å². The normalized spacial score (nSPS) is 16.6. The largest absolute Gasteiger partial charge is 0.474 e. The predicted molar refractivity (Wildman–Crippen MR) is 104 cm³/mol. The number of hydrogen-bond donors (Lipinski definition) is 0. The lowest BCUT2D eigenvalue weighted by Crippen LogP contribution is -2.17. The third-order valence-corrected chi connectivity index (χ3v) is 5.14. The van der Waals surface area contributed by atoms with Gasteiger partial charge in [0.1, 0.15) is 25.2 Å². The van der Waals surface area contributed by atoms with Crippen LogP contribution in [0.1, 0.15) is 31.1 Å². The zero-order chi connectivity index (χ0) is 19.5. The molecule has 0 fully saturated rings. The molecule has 0 saturated heterocycles. The second-order valence-corrected chi connectivity index (χ2v) is 7.98. The Balaban J connectivity index is 1.75. The molecule has 0 N–H and O–H groups in total. The Morgan fingerprint density at radius 1 is 1.29 bits per heavy atom. The highest BCUT2D eigenvalue weighted by Gasteiger charge is 2.32. The summed E-state index contributed by atoms with van der Waals surface area (Å²) in [7, 11) is 1.64. The third kappa shape index (κ3) is 2.63. The van der Waals surface area contributed by atoms with Crippen LogP contribution >= 0.6 is 11.6 Å². The number of hydrogen-bond acceptors (Lipinski definition) is 6. The first kappa shape index (κ1) is 17.4. The van der Waals surface area contributed by atoms with Gasteiger partial charge in [-0.05, 0) is 32.0 Å². The van der Waals surface area contributed by atoms with E-state index in [4.69, 9.17) is 26.1 Å². The van der Waals surface area contributed by atoms with Gasteiger partial charge in [-0.3, -0.25) is 4.57 Å². The maximum Gasteiger partial charge on any atom is 0.238 e. The molecule has 0 amide bonds. The van der Waals surface area contributed by atoms with Crippen LogP contribution in [0.25, 0.3) is 17.1 Å². The summed E-state index contributed by atoms with van der Waals surface area (Å²) >= 11 is 6.29. The van der Waals surface area contributed by atoms with Crippen LogP contribution in [0.5, 0.6) is 0 Å². The van der Waals surface area contributed by atoms with Crippen LogP contribution in [0.4, 0.5) is 0 Å². The van der Waals surface area contributed by atoms with E-state index >= 15 is 0 Å². The molecule has 28 heavy (non-hydrogen) atoms. The molecule has 0 unspecified atom stereocenters. The van der Waals surface area contributed by atoms with Gasteiger partial charge < -0.3 is 14.0 Å². The number of methoxy groups -OCH3 is 1. The number of benzene rings is 1. The van der Waals surface area contributed by atoms with Gasteiger partial charge in [0.05, 0.1) is 23.5 Å². The molecule has 2 aliphatic rings. The van der Waals surface area contributed by atoms with Crippen molar-refractivity contribution in [3.8, 4) is 17.1 Å². The molecule has 4 heterocycles. The summed E-state index contributed by atoms with van der Waals surface area (Å²) < 4.78 is 15.2. The van der Waals surface area contributed by atoms with E-state index in [1.807, 2.05) is 41.2 Å². The quantitative estimate of drug-likeness (QED) is 0.530. The molecule has 0 bridgehead atoms. The molecule has 3 aromatic rings. The van der Waals surface area contributed by atoms with Gasteiger partial charge in [0, 0.05) is 17.7 Å². The van der Waals surface area contributed by atoms with E-state index in [0.29, 0.717) is 30.7 Å². The Kier molecular flexibility index (Phi) is 3.82. The first-order valence-corrected chi connectivity index (χ1v) is 9.35. The van der Waals surface area contributed by atoms with Crippen molar-refractivity contribution in [2.45, 2.75) is 32.5 Å². The standard InChI is InChI=1S/C19H19ClN6O2/c1-19(2)9-28-18(22-19)16-14-7-25-15(8-27-3)23-24-17(25)12-6-11(20)4-5-13(12)26(14)10-21-16/h4-6,10H,7-9H2,1-3H3. The van der Waals surface area contributed by atoms with Gasteiger partial charge >= 0.3 is 0 Å². The number of nitrogens with zero attached hydrogens (tertiary/aromatic N) is 6. The van der Waals surface area contributed by atoms with E-state index in [-0.39, 0.29) is 5.54 Å². The Morgan fingerprint density at radius 2 is 2.14 bits per heavy atom. The fourth-order valence-electron chi connectivity index (χ4n) is 3.60. The van der Waals surface area contributed by atoms with Crippen molar-refractivity contribution in [1.29, 1.82) is 0 Å². The van der Waals surface area contributed by atoms with E-state index in [1.165, 1.54) is 0 Å². The summed E-state index contributed by atoms with van der Waals surface area (Å²) in [6.45, 7) is 5.50. The summed E-state index contributed by atoms with van der Waals surface area (Å²) in [5.41, 5.74) is 3.25. The first-order valence-electron chi connectivity index (χ1n) is 8.97. The molecule has 8 nitrogen and oxygen atoms in total. The summed E-state index contributed by atoms with van der Waals surface area (Å²) in [6, 6.07) is 5.72. The van der Waals surface area contributed by atoms with Gasteiger partial charge in [0.2, 0.25) is 5.90 Å². The molecule has 9 heteroatoms. The van der Waals surface area contributed by atoms with Gasteiger partial charge in [-0.1, -0.05) is 11.6 Å². The highest BCUT2D eigenvalue weighted by atomic mass is 35.5. The van der Waals surface area contributed by atoms with Crippen molar-refractivity contribution in [2.75, 3.05) is 13.7 Å². The van der Waals surface area contributed by atoms with Gasteiger partial charge in [-0.25, -0.2) is 9.98 Å². The van der Waals surface area contributed by atoms with Crippen molar-refractivity contribution in [1.82, 2.24) is 24.3 Å². The first-order chi connectivity index (χ1) is 13.5. The average molecular weight is 399 g/mol. The van der Waals surface area contributed by atoms with Crippen molar-refractivity contribution < 1.29 is 9.47 Å². The van der Waals surface area contributed by atoms with Crippen molar-refractivity contribution in [3.63, 3.8) is 0 Å². The Bertz CT molecular complexity index is 1110. The molecule has 0 atom stereocenters. The van der Waals surface area contributed by atoms with Gasteiger partial charge in [-0.2, -0.15) is 0 Å². The van der Waals surface area contributed by atoms with Gasteiger partial charge in [0.25, 0.3) is 0 Å². The zero-order valence-electron chi connectivity index (χ0n) is 15.8. The zero-order valence-corrected chi connectivity index (χ0v) is 16.6. The smallest absolute Gasteiger partial charge is 0.238 e. The number of halogens is 1. The van der Waals surface area contributed by atoms with Crippen molar-refractivity contribution in [3.05, 3.63) is 46.8 Å². The number of rotatable bonds is 3. The van der Waals surface area contributed by atoms with Crippen LogP contribution in [-0.4, -0.2) is 49.5 Å². The second-order valence-electron chi connectivity index (χ2n) is 7.55. The van der Waals surface area contributed by atoms with Crippen molar-refractivity contribution >= 4 is 17.5 Å². The summed E-state index contributed by atoms with van der Waals surface area (Å²) in [5.74, 6) is 2.05. The molecular weight excluding hydrogens is 380 g/mol. The minimum atomic E-state index is -0.259. The molecule has 144 valence electrons. The molecule has 0 aliphatic carbocycles. The lowest BCUT2D eigenvalue weighted by atomic mass is 10.1. The van der Waals surface area contributed by atoms with E-state index < -0.39 is 0 Å². The Hall–Kier alpha value is -2.71. The SMILES string of the molecule is COCc1nnc2n1Cc1c(C3=NC(C)(C)CO3)ncn1-c1ccc(Cl)cc1-2. The third-order valence-electron chi connectivity index (χ3n) is 4.90. The second kappa shape index (κ2) is 6.15. The van der Waals surface area contributed by atoms with Crippen LogP contribution in [0.3, 0.4) is 0 Å². The fraction of sp³-hybridized carbons (Fsp3) is 0.368. The highest BCUT2D eigenvalue weighted by molar-refractivity contribution is 6.31. The lowest BCUT2D eigenvalue weighted by molar-refractivity contribution is 0.174. The molecule has 0 saturated carbocycles. The summed E-state index contributed by atoms with van der Waals surface area (Å²) in [4.78, 5) is 9.34. The van der Waals surface area contributed by atoms with E-state index in [1.54, 1.807) is 13.4 Å².